The van der Waals surface area contributed by atoms with Gasteiger partial charge in [-0.2, -0.15) is 0 Å². The third kappa shape index (κ3) is 5.19. The first-order valence-corrected chi connectivity index (χ1v) is 10.1. The molecule has 0 radical (unpaired) electrons. The van der Waals surface area contributed by atoms with Gasteiger partial charge >= 0.3 is 0 Å². The van der Waals surface area contributed by atoms with Crippen molar-refractivity contribution in [3.05, 3.63) is 65.5 Å². The highest BCUT2D eigenvalue weighted by Gasteiger charge is 2.30. The molecule has 1 heterocycles. The molecule has 6 heteroatoms. The summed E-state index contributed by atoms with van der Waals surface area (Å²) < 4.78 is 23.7. The van der Waals surface area contributed by atoms with Crippen molar-refractivity contribution in [3.63, 3.8) is 0 Å². The van der Waals surface area contributed by atoms with Gasteiger partial charge in [0.1, 0.15) is 5.82 Å². The summed E-state index contributed by atoms with van der Waals surface area (Å²) in [5.74, 6) is 1.05. The van der Waals surface area contributed by atoms with E-state index in [-0.39, 0.29) is 23.8 Å². The lowest BCUT2D eigenvalue weighted by Gasteiger charge is -2.44. The van der Waals surface area contributed by atoms with E-state index in [1.54, 1.807) is 26.4 Å². The maximum atomic E-state index is 13.1. The summed E-state index contributed by atoms with van der Waals surface area (Å²) in [6.07, 6.45) is 3.41. The second-order valence-electron chi connectivity index (χ2n) is 7.69. The first-order chi connectivity index (χ1) is 14.4. The van der Waals surface area contributed by atoms with Gasteiger partial charge in [-0.25, -0.2) is 4.39 Å². The number of piperazine rings is 1. The van der Waals surface area contributed by atoms with Crippen molar-refractivity contribution in [1.29, 1.82) is 0 Å². The van der Waals surface area contributed by atoms with Crippen LogP contribution in [0, 0.1) is 5.82 Å². The molecule has 1 aliphatic heterocycles. The van der Waals surface area contributed by atoms with Gasteiger partial charge in [0.15, 0.2) is 11.5 Å². The van der Waals surface area contributed by atoms with Gasteiger partial charge in [-0.15, -0.1) is 0 Å². The Hall–Kier alpha value is -2.86. The van der Waals surface area contributed by atoms with Crippen molar-refractivity contribution in [1.82, 2.24) is 9.80 Å². The molecule has 1 aliphatic rings. The summed E-state index contributed by atoms with van der Waals surface area (Å²) in [6, 6.07) is 12.5. The number of hydrogen-bond donors (Lipinski definition) is 0. The standard InChI is InChI=1S/C24H29FN2O3/c1-17-15-27(18(2)14-26(17)16-20-5-9-21(25)10-6-20)24(28)12-8-19-7-11-22(29-3)23(13-19)30-4/h5-13,17-18H,14-16H2,1-4H3/b12-8+/t17-,18+/m1/s1. The van der Waals surface area contributed by atoms with Crippen LogP contribution in [0.3, 0.4) is 0 Å². The first kappa shape index (κ1) is 21.8. The van der Waals surface area contributed by atoms with E-state index in [2.05, 4.69) is 18.7 Å². The van der Waals surface area contributed by atoms with E-state index < -0.39 is 0 Å². The van der Waals surface area contributed by atoms with E-state index in [4.69, 9.17) is 9.47 Å². The lowest BCUT2D eigenvalue weighted by Crippen LogP contribution is -2.57. The third-order valence-corrected chi connectivity index (χ3v) is 5.52. The first-order valence-electron chi connectivity index (χ1n) is 10.1. The zero-order chi connectivity index (χ0) is 21.7. The lowest BCUT2D eigenvalue weighted by atomic mass is 10.1. The van der Waals surface area contributed by atoms with Gasteiger partial charge < -0.3 is 14.4 Å². The van der Waals surface area contributed by atoms with Crippen LogP contribution < -0.4 is 9.47 Å². The van der Waals surface area contributed by atoms with Crippen LogP contribution in [0.4, 0.5) is 4.39 Å². The monoisotopic (exact) mass is 412 g/mol. The Morgan fingerprint density at radius 1 is 1.03 bits per heavy atom. The van der Waals surface area contributed by atoms with Crippen LogP contribution in [-0.4, -0.2) is 55.1 Å². The highest BCUT2D eigenvalue weighted by Crippen LogP contribution is 2.28. The molecule has 1 fully saturated rings. The van der Waals surface area contributed by atoms with Crippen LogP contribution in [0.15, 0.2) is 48.5 Å². The Kier molecular flexibility index (Phi) is 7.11. The molecule has 160 valence electrons. The van der Waals surface area contributed by atoms with Gasteiger partial charge in [0, 0.05) is 37.8 Å². The summed E-state index contributed by atoms with van der Waals surface area (Å²) in [7, 11) is 3.18. The minimum atomic E-state index is -0.225. The minimum absolute atomic E-state index is 0.00873. The molecule has 3 rings (SSSR count). The van der Waals surface area contributed by atoms with Gasteiger partial charge in [-0.05, 0) is 55.3 Å². The molecule has 0 spiro atoms. The minimum Gasteiger partial charge on any atom is -0.493 e. The Balaban J connectivity index is 1.63. The van der Waals surface area contributed by atoms with E-state index in [0.29, 0.717) is 18.0 Å². The van der Waals surface area contributed by atoms with Crippen molar-refractivity contribution in [2.24, 2.45) is 0 Å². The molecule has 2 atom stereocenters. The van der Waals surface area contributed by atoms with Crippen LogP contribution in [0.1, 0.15) is 25.0 Å². The summed E-state index contributed by atoms with van der Waals surface area (Å²) >= 11 is 0. The number of carbonyl (C=O) groups is 1. The molecule has 0 aromatic heterocycles. The number of rotatable bonds is 6. The number of hydrogen-bond acceptors (Lipinski definition) is 4. The third-order valence-electron chi connectivity index (χ3n) is 5.52. The largest absolute Gasteiger partial charge is 0.493 e. The van der Waals surface area contributed by atoms with E-state index in [9.17, 15) is 9.18 Å². The van der Waals surface area contributed by atoms with Gasteiger partial charge in [0.2, 0.25) is 5.91 Å². The molecule has 0 bridgehead atoms. The Morgan fingerprint density at radius 3 is 2.40 bits per heavy atom. The summed E-state index contributed by atoms with van der Waals surface area (Å²) in [5.41, 5.74) is 1.94. The van der Waals surface area contributed by atoms with Crippen molar-refractivity contribution >= 4 is 12.0 Å². The number of nitrogens with zero attached hydrogens (tertiary/aromatic N) is 2. The van der Waals surface area contributed by atoms with Gasteiger partial charge in [-0.3, -0.25) is 9.69 Å². The summed E-state index contributed by atoms with van der Waals surface area (Å²) in [5, 5.41) is 0. The fourth-order valence-corrected chi connectivity index (χ4v) is 3.77. The van der Waals surface area contributed by atoms with Crippen molar-refractivity contribution in [2.75, 3.05) is 27.3 Å². The molecule has 2 aromatic carbocycles. The second kappa shape index (κ2) is 9.76. The van der Waals surface area contributed by atoms with Crippen LogP contribution in [0.25, 0.3) is 6.08 Å². The number of amides is 1. The number of carbonyl (C=O) groups excluding carboxylic acids is 1. The van der Waals surface area contributed by atoms with Crippen LogP contribution in [-0.2, 0) is 11.3 Å². The topological polar surface area (TPSA) is 42.0 Å². The van der Waals surface area contributed by atoms with Gasteiger partial charge in [0.25, 0.3) is 0 Å². The maximum absolute atomic E-state index is 13.1. The molecule has 0 saturated carbocycles. The Bertz CT molecular complexity index is 898. The predicted molar refractivity (Wildman–Crippen MR) is 116 cm³/mol. The average Bonchev–Trinajstić information content (AvgIpc) is 2.75. The molecule has 1 amide bonds. The molecular weight excluding hydrogens is 383 g/mol. The van der Waals surface area contributed by atoms with Crippen LogP contribution in [0.5, 0.6) is 11.5 Å². The van der Waals surface area contributed by atoms with Crippen molar-refractivity contribution in [3.8, 4) is 11.5 Å². The molecule has 5 nitrogen and oxygen atoms in total. The number of methoxy groups -OCH3 is 2. The number of halogens is 1. The van der Waals surface area contributed by atoms with Crippen LogP contribution in [0.2, 0.25) is 0 Å². The molecule has 30 heavy (non-hydrogen) atoms. The smallest absolute Gasteiger partial charge is 0.246 e. The Morgan fingerprint density at radius 2 is 1.73 bits per heavy atom. The number of benzene rings is 2. The highest BCUT2D eigenvalue weighted by molar-refractivity contribution is 5.92. The van der Waals surface area contributed by atoms with Gasteiger partial charge in [0.05, 0.1) is 14.2 Å². The zero-order valence-electron chi connectivity index (χ0n) is 18.0. The predicted octanol–water partition coefficient (Wildman–Crippen LogP) is 3.98. The molecule has 0 aliphatic carbocycles. The van der Waals surface area contributed by atoms with E-state index in [0.717, 1.165) is 24.2 Å². The van der Waals surface area contributed by atoms with E-state index in [1.165, 1.54) is 12.1 Å². The van der Waals surface area contributed by atoms with E-state index >= 15 is 0 Å². The maximum Gasteiger partial charge on any atom is 0.246 e. The molecular formula is C24H29FN2O3. The quantitative estimate of drug-likeness (QED) is 0.673. The van der Waals surface area contributed by atoms with Crippen LogP contribution >= 0.6 is 0 Å². The fraction of sp³-hybridized carbons (Fsp3) is 0.375. The van der Waals surface area contributed by atoms with Gasteiger partial charge in [-0.1, -0.05) is 18.2 Å². The van der Waals surface area contributed by atoms with Crippen molar-refractivity contribution in [2.45, 2.75) is 32.5 Å². The van der Waals surface area contributed by atoms with Crippen molar-refractivity contribution < 1.29 is 18.7 Å². The molecule has 2 aromatic rings. The SMILES string of the molecule is COc1ccc(/C=C/C(=O)N2C[C@@H](C)N(Cc3ccc(F)cc3)C[C@@H]2C)cc1OC. The number of ether oxygens (including phenoxy) is 2. The summed E-state index contributed by atoms with van der Waals surface area (Å²) in [4.78, 5) is 17.1. The lowest BCUT2D eigenvalue weighted by molar-refractivity contribution is -0.131. The zero-order valence-corrected chi connectivity index (χ0v) is 18.0. The Labute approximate surface area is 177 Å². The fourth-order valence-electron chi connectivity index (χ4n) is 3.77. The highest BCUT2D eigenvalue weighted by atomic mass is 19.1. The normalized spacial score (nSPS) is 19.8. The second-order valence-corrected chi connectivity index (χ2v) is 7.69. The van der Waals surface area contributed by atoms with E-state index in [1.807, 2.05) is 35.2 Å². The molecule has 0 unspecified atom stereocenters. The molecule has 0 N–H and O–H groups in total. The molecule has 1 saturated heterocycles. The summed E-state index contributed by atoms with van der Waals surface area (Å²) in [6.45, 7) is 6.35. The average molecular weight is 413 g/mol.